The van der Waals surface area contributed by atoms with Crippen LogP contribution in [0.1, 0.15) is 47.5 Å². The van der Waals surface area contributed by atoms with Crippen LogP contribution >= 0.6 is 0 Å². The van der Waals surface area contributed by atoms with Gasteiger partial charge in [-0.3, -0.25) is 0 Å². The largest absolute Gasteiger partial charge is 0.368 e. The van der Waals surface area contributed by atoms with Gasteiger partial charge < -0.3 is 9.84 Å². The average molecular weight is 174 g/mol. The smallest absolute Gasteiger partial charge is 0.152 e. The lowest BCUT2D eigenvalue weighted by atomic mass is 9.92. The van der Waals surface area contributed by atoms with E-state index in [0.717, 1.165) is 12.8 Å². The van der Waals surface area contributed by atoms with E-state index in [1.54, 1.807) is 6.92 Å². The molecule has 0 bridgehead atoms. The molecule has 0 aliphatic carbocycles. The molecule has 0 aromatic carbocycles. The molecule has 0 aromatic heterocycles. The van der Waals surface area contributed by atoms with Gasteiger partial charge in [0.1, 0.15) is 0 Å². The minimum atomic E-state index is -0.659. The zero-order valence-electron chi connectivity index (χ0n) is 8.92. The highest BCUT2D eigenvalue weighted by Gasteiger charge is 2.25. The molecular formula is C10H22O2. The Morgan fingerprint density at radius 3 is 2.08 bits per heavy atom. The predicted molar refractivity (Wildman–Crippen MR) is 50.9 cm³/mol. The van der Waals surface area contributed by atoms with Crippen molar-refractivity contribution in [1.82, 2.24) is 0 Å². The molecule has 0 fully saturated rings. The van der Waals surface area contributed by atoms with E-state index in [4.69, 9.17) is 9.84 Å². The summed E-state index contributed by atoms with van der Waals surface area (Å²) in [7, 11) is 0. The van der Waals surface area contributed by atoms with Crippen molar-refractivity contribution in [3.63, 3.8) is 0 Å². The number of ether oxygens (including phenoxy) is 1. The van der Waals surface area contributed by atoms with Crippen molar-refractivity contribution in [2.75, 3.05) is 0 Å². The van der Waals surface area contributed by atoms with Crippen LogP contribution in [0.2, 0.25) is 0 Å². The lowest BCUT2D eigenvalue weighted by Crippen LogP contribution is -2.33. The molecule has 2 heteroatoms. The van der Waals surface area contributed by atoms with E-state index in [1.807, 2.05) is 0 Å². The fourth-order valence-electron chi connectivity index (χ4n) is 1.55. The first-order valence-corrected chi connectivity index (χ1v) is 4.75. The third kappa shape index (κ3) is 4.73. The molecule has 2 atom stereocenters. The summed E-state index contributed by atoms with van der Waals surface area (Å²) in [6.45, 7) is 10.1. The fourth-order valence-corrected chi connectivity index (χ4v) is 1.55. The van der Waals surface area contributed by atoms with Gasteiger partial charge in [0.15, 0.2) is 6.29 Å². The normalized spacial score (nSPS) is 19.2. The molecule has 0 rings (SSSR count). The second-order valence-electron chi connectivity index (χ2n) is 4.12. The molecular weight excluding hydrogens is 152 g/mol. The standard InChI is InChI=1S/C10H22O2/c1-6-10(5,7-8(2)3)12-9(4)11/h8-9,11H,6-7H2,1-5H3. The number of aliphatic hydroxyl groups excluding tert-OH is 1. The summed E-state index contributed by atoms with van der Waals surface area (Å²) in [6.07, 6.45) is 1.28. The van der Waals surface area contributed by atoms with Crippen LogP contribution in [-0.2, 0) is 4.74 Å². The van der Waals surface area contributed by atoms with Gasteiger partial charge >= 0.3 is 0 Å². The third-order valence-corrected chi connectivity index (χ3v) is 2.04. The quantitative estimate of drug-likeness (QED) is 0.649. The molecule has 2 nitrogen and oxygen atoms in total. The molecule has 2 unspecified atom stereocenters. The molecule has 0 radical (unpaired) electrons. The topological polar surface area (TPSA) is 29.5 Å². The van der Waals surface area contributed by atoms with Crippen LogP contribution in [0.4, 0.5) is 0 Å². The Bertz CT molecular complexity index is 109. The van der Waals surface area contributed by atoms with E-state index in [-0.39, 0.29) is 5.60 Å². The number of aliphatic hydroxyl groups is 1. The van der Waals surface area contributed by atoms with Gasteiger partial charge in [0.2, 0.25) is 0 Å². The number of hydrogen-bond donors (Lipinski definition) is 1. The van der Waals surface area contributed by atoms with Gasteiger partial charge in [-0.25, -0.2) is 0 Å². The highest BCUT2D eigenvalue weighted by molar-refractivity contribution is 4.74. The van der Waals surface area contributed by atoms with Crippen molar-refractivity contribution in [3.8, 4) is 0 Å². The average Bonchev–Trinajstić information content (AvgIpc) is 1.83. The summed E-state index contributed by atoms with van der Waals surface area (Å²) in [5.41, 5.74) is -0.164. The van der Waals surface area contributed by atoms with Crippen LogP contribution in [0.5, 0.6) is 0 Å². The Kier molecular flexibility index (Phi) is 4.80. The Morgan fingerprint density at radius 1 is 1.33 bits per heavy atom. The molecule has 74 valence electrons. The van der Waals surface area contributed by atoms with Gasteiger partial charge in [-0.15, -0.1) is 0 Å². The summed E-state index contributed by atoms with van der Waals surface area (Å²) in [5, 5.41) is 9.11. The van der Waals surface area contributed by atoms with Crippen LogP contribution in [0.25, 0.3) is 0 Å². The predicted octanol–water partition coefficient (Wildman–Crippen LogP) is 2.56. The van der Waals surface area contributed by atoms with Crippen molar-refractivity contribution in [2.45, 2.75) is 59.4 Å². The lowest BCUT2D eigenvalue weighted by Gasteiger charge is -2.31. The summed E-state index contributed by atoms with van der Waals surface area (Å²) in [6, 6.07) is 0. The van der Waals surface area contributed by atoms with Gasteiger partial charge in [0, 0.05) is 0 Å². The van der Waals surface area contributed by atoms with Crippen molar-refractivity contribution in [3.05, 3.63) is 0 Å². The summed E-state index contributed by atoms with van der Waals surface area (Å²) in [5.74, 6) is 0.605. The molecule has 0 heterocycles. The Balaban J connectivity index is 4.04. The molecule has 0 saturated heterocycles. The highest BCUT2D eigenvalue weighted by Crippen LogP contribution is 2.25. The molecule has 0 amide bonds. The second-order valence-corrected chi connectivity index (χ2v) is 4.12. The van der Waals surface area contributed by atoms with Gasteiger partial charge in [-0.05, 0) is 32.6 Å². The Labute approximate surface area is 75.9 Å². The molecule has 12 heavy (non-hydrogen) atoms. The van der Waals surface area contributed by atoms with E-state index in [0.29, 0.717) is 5.92 Å². The SMILES string of the molecule is CCC(C)(CC(C)C)OC(C)O. The van der Waals surface area contributed by atoms with Crippen molar-refractivity contribution in [1.29, 1.82) is 0 Å². The number of rotatable bonds is 5. The monoisotopic (exact) mass is 174 g/mol. The van der Waals surface area contributed by atoms with Crippen LogP contribution in [0, 0.1) is 5.92 Å². The van der Waals surface area contributed by atoms with Crippen LogP contribution in [0.15, 0.2) is 0 Å². The van der Waals surface area contributed by atoms with E-state index < -0.39 is 6.29 Å². The zero-order chi connectivity index (χ0) is 9.78. The maximum absolute atomic E-state index is 9.11. The minimum absolute atomic E-state index is 0.164. The van der Waals surface area contributed by atoms with Crippen molar-refractivity contribution in [2.24, 2.45) is 5.92 Å². The van der Waals surface area contributed by atoms with E-state index in [9.17, 15) is 0 Å². The first kappa shape index (κ1) is 11.9. The van der Waals surface area contributed by atoms with Gasteiger partial charge in [-0.2, -0.15) is 0 Å². The van der Waals surface area contributed by atoms with E-state index >= 15 is 0 Å². The lowest BCUT2D eigenvalue weighted by molar-refractivity contribution is -0.176. The first-order valence-electron chi connectivity index (χ1n) is 4.75. The molecule has 0 spiro atoms. The van der Waals surface area contributed by atoms with Crippen LogP contribution in [0.3, 0.4) is 0 Å². The zero-order valence-corrected chi connectivity index (χ0v) is 8.92. The minimum Gasteiger partial charge on any atom is -0.368 e. The maximum atomic E-state index is 9.11. The molecule has 0 aromatic rings. The third-order valence-electron chi connectivity index (χ3n) is 2.04. The van der Waals surface area contributed by atoms with Gasteiger partial charge in [0.05, 0.1) is 5.60 Å². The number of hydrogen-bond acceptors (Lipinski definition) is 2. The summed E-state index contributed by atoms with van der Waals surface area (Å²) < 4.78 is 5.45. The Hall–Kier alpha value is -0.0800. The Morgan fingerprint density at radius 2 is 1.83 bits per heavy atom. The highest BCUT2D eigenvalue weighted by atomic mass is 16.6. The van der Waals surface area contributed by atoms with Crippen LogP contribution in [-0.4, -0.2) is 17.0 Å². The summed E-state index contributed by atoms with van der Waals surface area (Å²) in [4.78, 5) is 0. The van der Waals surface area contributed by atoms with Crippen LogP contribution < -0.4 is 0 Å². The van der Waals surface area contributed by atoms with E-state index in [2.05, 4.69) is 27.7 Å². The molecule has 0 aliphatic heterocycles. The van der Waals surface area contributed by atoms with Gasteiger partial charge in [-0.1, -0.05) is 20.8 Å². The van der Waals surface area contributed by atoms with Gasteiger partial charge in [0.25, 0.3) is 0 Å². The maximum Gasteiger partial charge on any atom is 0.152 e. The van der Waals surface area contributed by atoms with Crippen molar-refractivity contribution < 1.29 is 9.84 Å². The van der Waals surface area contributed by atoms with Crippen molar-refractivity contribution >= 4 is 0 Å². The van der Waals surface area contributed by atoms with E-state index in [1.165, 1.54) is 0 Å². The summed E-state index contributed by atoms with van der Waals surface area (Å²) >= 11 is 0. The molecule has 1 N–H and O–H groups in total. The fraction of sp³-hybridized carbons (Fsp3) is 1.00. The first-order chi connectivity index (χ1) is 5.39. The second kappa shape index (κ2) is 4.83. The molecule has 0 aliphatic rings. The molecule has 0 saturated carbocycles.